The summed E-state index contributed by atoms with van der Waals surface area (Å²) in [7, 11) is -3.37. The fourth-order valence-corrected chi connectivity index (χ4v) is 3.67. The summed E-state index contributed by atoms with van der Waals surface area (Å²) in [6.45, 7) is 5.53. The first-order valence-electron chi connectivity index (χ1n) is 5.50. The lowest BCUT2D eigenvalue weighted by molar-refractivity contribution is -0.140. The molecule has 2 N–H and O–H groups in total. The molecule has 2 atom stereocenters. The third-order valence-electron chi connectivity index (χ3n) is 2.35. The molecule has 1 rings (SSSR count). The van der Waals surface area contributed by atoms with Crippen LogP contribution in [-0.2, 0) is 14.8 Å². The fraction of sp³-hybridized carbons (Fsp3) is 0.727. The highest BCUT2D eigenvalue weighted by Gasteiger charge is 2.29. The van der Waals surface area contributed by atoms with E-state index in [4.69, 9.17) is 5.11 Å². The van der Waals surface area contributed by atoms with E-state index in [1.165, 1.54) is 6.08 Å². The Bertz CT molecular complexity index is 419. The Hall–Kier alpha value is -0.880. The van der Waals surface area contributed by atoms with Crippen LogP contribution in [0.3, 0.4) is 0 Å². The van der Waals surface area contributed by atoms with Crippen molar-refractivity contribution in [3.63, 3.8) is 0 Å². The van der Waals surface area contributed by atoms with Gasteiger partial charge < -0.3 is 5.11 Å². The van der Waals surface area contributed by atoms with Gasteiger partial charge in [0.25, 0.3) is 0 Å². The number of sulfonamides is 1. The lowest BCUT2D eigenvalue weighted by Crippen LogP contribution is -2.38. The van der Waals surface area contributed by atoms with E-state index in [0.717, 1.165) is 0 Å². The minimum absolute atomic E-state index is 0.0298. The number of nitrogens with one attached hydrogen (secondary N) is 1. The molecule has 0 saturated carbocycles. The van der Waals surface area contributed by atoms with Crippen LogP contribution < -0.4 is 4.72 Å². The highest BCUT2D eigenvalue weighted by atomic mass is 32.2. The second kappa shape index (κ2) is 4.78. The summed E-state index contributed by atoms with van der Waals surface area (Å²) in [5.74, 6) is -1.47. The number of hydrogen-bond acceptors (Lipinski definition) is 3. The van der Waals surface area contributed by atoms with Crippen molar-refractivity contribution in [1.82, 2.24) is 4.72 Å². The van der Waals surface area contributed by atoms with Gasteiger partial charge in [-0.05, 0) is 11.8 Å². The SMILES string of the molecule is CC(C)(C)CS(=O)(=O)NC1C=CC(C(=O)O)C1. The van der Waals surface area contributed by atoms with Crippen molar-refractivity contribution in [3.8, 4) is 0 Å². The van der Waals surface area contributed by atoms with Crippen LogP contribution in [0.15, 0.2) is 12.2 Å². The molecule has 1 aliphatic rings. The number of rotatable bonds is 4. The van der Waals surface area contributed by atoms with Gasteiger partial charge in [-0.2, -0.15) is 0 Å². The van der Waals surface area contributed by atoms with Gasteiger partial charge in [-0.15, -0.1) is 0 Å². The van der Waals surface area contributed by atoms with E-state index in [0.29, 0.717) is 6.42 Å². The molecule has 0 aromatic rings. The molecule has 0 saturated heterocycles. The Labute approximate surface area is 102 Å². The minimum atomic E-state index is -3.37. The van der Waals surface area contributed by atoms with E-state index in [2.05, 4.69) is 4.72 Å². The quantitative estimate of drug-likeness (QED) is 0.739. The average molecular weight is 261 g/mol. The summed E-state index contributed by atoms with van der Waals surface area (Å²) in [4.78, 5) is 10.7. The third-order valence-corrected chi connectivity index (χ3v) is 4.26. The summed E-state index contributed by atoms with van der Waals surface area (Å²) in [6, 6.07) is -0.400. The Balaban J connectivity index is 2.57. The molecule has 0 aliphatic heterocycles. The number of aliphatic carboxylic acids is 1. The van der Waals surface area contributed by atoms with Gasteiger partial charge in [0.15, 0.2) is 0 Å². The lowest BCUT2D eigenvalue weighted by atomic mass is 10.0. The summed E-state index contributed by atoms with van der Waals surface area (Å²) in [5, 5.41) is 8.79. The highest BCUT2D eigenvalue weighted by molar-refractivity contribution is 7.89. The predicted molar refractivity (Wildman–Crippen MR) is 65.0 cm³/mol. The maximum atomic E-state index is 11.8. The predicted octanol–water partition coefficient (Wildman–Crippen LogP) is 0.981. The molecule has 98 valence electrons. The highest BCUT2D eigenvalue weighted by Crippen LogP contribution is 2.20. The van der Waals surface area contributed by atoms with Crippen LogP contribution in [0.1, 0.15) is 27.2 Å². The molecular formula is C11H19NO4S. The van der Waals surface area contributed by atoms with E-state index in [1.807, 2.05) is 20.8 Å². The largest absolute Gasteiger partial charge is 0.481 e. The van der Waals surface area contributed by atoms with Crippen LogP contribution in [0.2, 0.25) is 0 Å². The van der Waals surface area contributed by atoms with E-state index in [-0.39, 0.29) is 11.2 Å². The zero-order valence-corrected chi connectivity index (χ0v) is 11.1. The van der Waals surface area contributed by atoms with Crippen molar-refractivity contribution < 1.29 is 18.3 Å². The maximum absolute atomic E-state index is 11.8. The van der Waals surface area contributed by atoms with E-state index in [1.54, 1.807) is 6.08 Å². The minimum Gasteiger partial charge on any atom is -0.481 e. The van der Waals surface area contributed by atoms with E-state index >= 15 is 0 Å². The van der Waals surface area contributed by atoms with Gasteiger partial charge in [0.05, 0.1) is 11.7 Å². The molecule has 0 aromatic heterocycles. The summed E-state index contributed by atoms with van der Waals surface area (Å²) in [6.07, 6.45) is 3.43. The Morgan fingerprint density at radius 2 is 2.00 bits per heavy atom. The molecule has 2 unspecified atom stereocenters. The van der Waals surface area contributed by atoms with Crippen molar-refractivity contribution in [2.45, 2.75) is 33.2 Å². The van der Waals surface area contributed by atoms with Crippen molar-refractivity contribution in [2.75, 3.05) is 5.75 Å². The first-order chi connectivity index (χ1) is 7.59. The van der Waals surface area contributed by atoms with Gasteiger partial charge in [0, 0.05) is 6.04 Å². The summed E-state index contributed by atoms with van der Waals surface area (Å²) in [5.41, 5.74) is -0.319. The van der Waals surface area contributed by atoms with Crippen molar-refractivity contribution in [3.05, 3.63) is 12.2 Å². The van der Waals surface area contributed by atoms with E-state index in [9.17, 15) is 13.2 Å². The molecule has 0 radical (unpaired) electrons. The average Bonchev–Trinajstić information content (AvgIpc) is 2.46. The third kappa shape index (κ3) is 4.87. The molecule has 17 heavy (non-hydrogen) atoms. The van der Waals surface area contributed by atoms with Crippen molar-refractivity contribution in [2.24, 2.45) is 11.3 Å². The van der Waals surface area contributed by atoms with Crippen LogP contribution in [0, 0.1) is 11.3 Å². The zero-order chi connectivity index (χ0) is 13.3. The molecule has 0 spiro atoms. The zero-order valence-electron chi connectivity index (χ0n) is 10.3. The standard InChI is InChI=1S/C11H19NO4S/c1-11(2,3)7-17(15,16)12-9-5-4-8(6-9)10(13)14/h4-5,8-9,12H,6-7H2,1-3H3,(H,13,14). The summed E-state index contributed by atoms with van der Waals surface area (Å²) >= 11 is 0. The van der Waals surface area contributed by atoms with Crippen molar-refractivity contribution in [1.29, 1.82) is 0 Å². The van der Waals surface area contributed by atoms with Gasteiger partial charge in [0.2, 0.25) is 10.0 Å². The Morgan fingerprint density at radius 3 is 2.41 bits per heavy atom. The van der Waals surface area contributed by atoms with Gasteiger partial charge in [0.1, 0.15) is 0 Å². The second-order valence-corrected chi connectivity index (χ2v) is 7.36. The molecule has 0 bridgehead atoms. The molecular weight excluding hydrogens is 242 g/mol. The van der Waals surface area contributed by atoms with Crippen LogP contribution in [0.5, 0.6) is 0 Å². The second-order valence-electron chi connectivity index (χ2n) is 5.61. The molecule has 5 nitrogen and oxygen atoms in total. The summed E-state index contributed by atoms with van der Waals surface area (Å²) < 4.78 is 26.1. The molecule has 0 aromatic carbocycles. The molecule has 1 aliphatic carbocycles. The van der Waals surface area contributed by atoms with Crippen molar-refractivity contribution >= 4 is 16.0 Å². The topological polar surface area (TPSA) is 83.5 Å². The van der Waals surface area contributed by atoms with Gasteiger partial charge in [-0.25, -0.2) is 13.1 Å². The first-order valence-corrected chi connectivity index (χ1v) is 7.15. The number of carbonyl (C=O) groups is 1. The maximum Gasteiger partial charge on any atom is 0.310 e. The van der Waals surface area contributed by atoms with Crippen LogP contribution in [0.25, 0.3) is 0 Å². The smallest absolute Gasteiger partial charge is 0.310 e. The van der Waals surface area contributed by atoms with Gasteiger partial charge >= 0.3 is 5.97 Å². The molecule has 0 heterocycles. The van der Waals surface area contributed by atoms with Gasteiger partial charge in [-0.1, -0.05) is 32.9 Å². The van der Waals surface area contributed by atoms with Crippen LogP contribution in [-0.4, -0.2) is 31.3 Å². The Kier molecular flexibility index (Phi) is 3.99. The van der Waals surface area contributed by atoms with Crippen LogP contribution in [0.4, 0.5) is 0 Å². The fourth-order valence-electron chi connectivity index (χ4n) is 1.81. The first kappa shape index (κ1) is 14.2. The lowest BCUT2D eigenvalue weighted by Gasteiger charge is -2.20. The molecule has 0 fully saturated rings. The van der Waals surface area contributed by atoms with Gasteiger partial charge in [-0.3, -0.25) is 4.79 Å². The van der Waals surface area contributed by atoms with Crippen LogP contribution >= 0.6 is 0 Å². The number of carboxylic acid groups (broad SMARTS) is 1. The normalized spacial score (nSPS) is 25.1. The number of hydrogen-bond donors (Lipinski definition) is 2. The number of carboxylic acids is 1. The molecule has 6 heteroatoms. The Morgan fingerprint density at radius 1 is 1.41 bits per heavy atom. The van der Waals surface area contributed by atoms with E-state index < -0.39 is 28.0 Å². The molecule has 0 amide bonds. The monoisotopic (exact) mass is 261 g/mol.